The fourth-order valence-electron chi connectivity index (χ4n) is 3.69. The summed E-state index contributed by atoms with van der Waals surface area (Å²) in [5, 5.41) is 6.85. The van der Waals surface area contributed by atoms with Crippen molar-refractivity contribution in [1.29, 1.82) is 0 Å². The van der Waals surface area contributed by atoms with Crippen LogP contribution in [-0.4, -0.2) is 70.0 Å². The second-order valence-corrected chi connectivity index (χ2v) is 8.08. The van der Waals surface area contributed by atoms with Crippen molar-refractivity contribution in [1.82, 2.24) is 10.2 Å². The van der Waals surface area contributed by atoms with Gasteiger partial charge in [-0.05, 0) is 37.1 Å². The highest BCUT2D eigenvalue weighted by Gasteiger charge is 2.28. The summed E-state index contributed by atoms with van der Waals surface area (Å²) in [5.74, 6) is 3.25. The largest absolute Gasteiger partial charge is 0.490 e. The van der Waals surface area contributed by atoms with Crippen molar-refractivity contribution in [2.75, 3.05) is 58.4 Å². The molecule has 1 aromatic heterocycles. The molecule has 0 unspecified atom stereocenters. The van der Waals surface area contributed by atoms with Crippen molar-refractivity contribution in [3.8, 4) is 11.5 Å². The number of rotatable bonds is 11. The highest BCUT2D eigenvalue weighted by Crippen LogP contribution is 2.32. The van der Waals surface area contributed by atoms with Crippen molar-refractivity contribution >= 4 is 11.6 Å². The fraction of sp³-hybridized carbons (Fsp3) is 0.542. The molecule has 2 aliphatic rings. The first kappa shape index (κ1) is 22.5. The Kier molecular flexibility index (Phi) is 8.28. The number of hydrogen-bond donors (Lipinski definition) is 2. The van der Waals surface area contributed by atoms with Crippen LogP contribution in [0.3, 0.4) is 0 Å². The minimum absolute atomic E-state index is 0.664. The lowest BCUT2D eigenvalue weighted by Crippen LogP contribution is -2.35. The van der Waals surface area contributed by atoms with E-state index in [0.717, 1.165) is 68.0 Å². The van der Waals surface area contributed by atoms with Crippen LogP contribution in [0.4, 0.5) is 5.69 Å². The van der Waals surface area contributed by atoms with Gasteiger partial charge in [-0.25, -0.2) is 0 Å². The van der Waals surface area contributed by atoms with Crippen molar-refractivity contribution in [3.05, 3.63) is 42.4 Å². The van der Waals surface area contributed by atoms with Crippen molar-refractivity contribution < 1.29 is 18.6 Å². The summed E-state index contributed by atoms with van der Waals surface area (Å²) in [4.78, 5) is 7.31. The average Bonchev–Trinajstić information content (AvgIpc) is 3.56. The van der Waals surface area contributed by atoms with Crippen LogP contribution in [0.5, 0.6) is 11.5 Å². The van der Waals surface area contributed by atoms with Crippen LogP contribution in [0.1, 0.15) is 25.0 Å². The molecular formula is C24H34N4O4. The lowest BCUT2D eigenvalue weighted by molar-refractivity contribution is 0.145. The molecule has 0 radical (unpaired) electrons. The van der Waals surface area contributed by atoms with Gasteiger partial charge in [-0.15, -0.1) is 0 Å². The number of benzene rings is 1. The summed E-state index contributed by atoms with van der Waals surface area (Å²) >= 11 is 0. The Labute approximate surface area is 189 Å². The number of anilines is 1. The van der Waals surface area contributed by atoms with Crippen LogP contribution in [0.25, 0.3) is 0 Å². The quantitative estimate of drug-likeness (QED) is 0.409. The Hall–Kier alpha value is -2.71. The molecule has 32 heavy (non-hydrogen) atoms. The van der Waals surface area contributed by atoms with E-state index >= 15 is 0 Å². The van der Waals surface area contributed by atoms with Crippen LogP contribution in [0, 0.1) is 0 Å². The van der Waals surface area contributed by atoms with Crippen LogP contribution in [0.2, 0.25) is 0 Å². The summed E-state index contributed by atoms with van der Waals surface area (Å²) in [7, 11) is 1.75. The predicted molar refractivity (Wildman–Crippen MR) is 125 cm³/mol. The summed E-state index contributed by atoms with van der Waals surface area (Å²) < 4.78 is 22.3. The van der Waals surface area contributed by atoms with E-state index in [-0.39, 0.29) is 0 Å². The molecule has 0 amide bonds. The van der Waals surface area contributed by atoms with E-state index in [1.807, 2.05) is 30.3 Å². The van der Waals surface area contributed by atoms with Gasteiger partial charge in [0, 0.05) is 57.4 Å². The molecule has 174 valence electrons. The monoisotopic (exact) mass is 442 g/mol. The van der Waals surface area contributed by atoms with Crippen molar-refractivity contribution in [2.45, 2.75) is 31.7 Å². The minimum atomic E-state index is 0.664. The van der Waals surface area contributed by atoms with Crippen molar-refractivity contribution in [3.63, 3.8) is 0 Å². The highest BCUT2D eigenvalue weighted by atomic mass is 16.5. The maximum Gasteiger partial charge on any atom is 0.195 e. The zero-order chi connectivity index (χ0) is 22.0. The lowest BCUT2D eigenvalue weighted by atomic mass is 10.2. The first-order valence-electron chi connectivity index (χ1n) is 11.5. The second-order valence-electron chi connectivity index (χ2n) is 8.08. The molecule has 0 saturated heterocycles. The molecule has 1 aromatic carbocycles. The molecule has 0 spiro atoms. The van der Waals surface area contributed by atoms with Gasteiger partial charge in [0.1, 0.15) is 5.76 Å². The molecule has 1 fully saturated rings. The molecule has 1 aliphatic heterocycles. The summed E-state index contributed by atoms with van der Waals surface area (Å²) in [6, 6.07) is 10.5. The molecule has 8 heteroatoms. The Morgan fingerprint density at radius 3 is 2.81 bits per heavy atom. The predicted octanol–water partition coefficient (Wildman–Crippen LogP) is 3.15. The molecule has 0 atom stereocenters. The third-order valence-electron chi connectivity index (χ3n) is 5.56. The lowest BCUT2D eigenvalue weighted by Gasteiger charge is -2.21. The molecule has 1 saturated carbocycles. The van der Waals surface area contributed by atoms with E-state index in [1.165, 1.54) is 12.8 Å². The summed E-state index contributed by atoms with van der Waals surface area (Å²) in [6.45, 7) is 5.40. The van der Waals surface area contributed by atoms with Crippen LogP contribution >= 0.6 is 0 Å². The van der Waals surface area contributed by atoms with Gasteiger partial charge in [-0.1, -0.05) is 0 Å². The number of methoxy groups -OCH3 is 1. The number of nitrogens with one attached hydrogen (secondary N) is 2. The number of aliphatic imine (C=N–C) groups is 1. The zero-order valence-corrected chi connectivity index (χ0v) is 18.8. The summed E-state index contributed by atoms with van der Waals surface area (Å²) in [5.41, 5.74) is 0.914. The average molecular weight is 443 g/mol. The molecule has 2 aromatic rings. The van der Waals surface area contributed by atoms with Gasteiger partial charge in [0.15, 0.2) is 17.5 Å². The maximum atomic E-state index is 5.83. The summed E-state index contributed by atoms with van der Waals surface area (Å²) in [6.07, 6.45) is 5.93. The Morgan fingerprint density at radius 1 is 1.16 bits per heavy atom. The molecule has 1 aliphatic carbocycles. The third kappa shape index (κ3) is 6.90. The highest BCUT2D eigenvalue weighted by molar-refractivity contribution is 5.94. The number of hydrogen-bond acceptors (Lipinski definition) is 6. The minimum Gasteiger partial charge on any atom is -0.490 e. The molecule has 2 heterocycles. The molecule has 4 rings (SSSR count). The zero-order valence-electron chi connectivity index (χ0n) is 18.8. The van der Waals surface area contributed by atoms with E-state index < -0.39 is 0 Å². The Morgan fingerprint density at radius 2 is 2.03 bits per heavy atom. The van der Waals surface area contributed by atoms with Crippen LogP contribution in [0.15, 0.2) is 46.0 Å². The van der Waals surface area contributed by atoms with Gasteiger partial charge in [-0.2, -0.15) is 0 Å². The third-order valence-corrected chi connectivity index (χ3v) is 5.56. The SMILES string of the molecule is COCCN(CCN=C(NCCc1ccco1)Nc1ccc2c(c1)OCCCO2)C1CC1. The molecule has 2 N–H and O–H groups in total. The van der Waals surface area contributed by atoms with Crippen LogP contribution in [-0.2, 0) is 11.2 Å². The van der Waals surface area contributed by atoms with Gasteiger partial charge in [0.05, 0.1) is 32.6 Å². The van der Waals surface area contributed by atoms with E-state index in [2.05, 4.69) is 15.5 Å². The van der Waals surface area contributed by atoms with Gasteiger partial charge in [0.25, 0.3) is 0 Å². The van der Waals surface area contributed by atoms with Gasteiger partial charge in [-0.3, -0.25) is 9.89 Å². The van der Waals surface area contributed by atoms with E-state index in [9.17, 15) is 0 Å². The number of guanidine groups is 1. The van der Waals surface area contributed by atoms with Gasteiger partial charge < -0.3 is 29.3 Å². The van der Waals surface area contributed by atoms with E-state index in [4.69, 9.17) is 23.6 Å². The number of furan rings is 1. The standard InChI is InChI=1S/C24H34N4O4/c1-29-17-13-28(20-6-7-20)12-11-26-24(25-10-9-21-4-2-14-30-21)27-19-5-8-22-23(18-19)32-16-3-15-31-22/h2,4-5,8,14,18,20H,3,6-7,9-13,15-17H2,1H3,(H2,25,26,27). The van der Waals surface area contributed by atoms with E-state index in [0.29, 0.717) is 25.8 Å². The normalized spacial score (nSPS) is 16.1. The number of ether oxygens (including phenoxy) is 3. The Balaban J connectivity index is 1.38. The molecular weight excluding hydrogens is 408 g/mol. The van der Waals surface area contributed by atoms with Gasteiger partial charge >= 0.3 is 0 Å². The Bertz CT molecular complexity index is 852. The van der Waals surface area contributed by atoms with Gasteiger partial charge in [0.2, 0.25) is 0 Å². The topological polar surface area (TPSA) is 80.5 Å². The van der Waals surface area contributed by atoms with Crippen molar-refractivity contribution in [2.24, 2.45) is 4.99 Å². The second kappa shape index (κ2) is 11.8. The number of fused-ring (bicyclic) bond motifs is 1. The molecule has 0 bridgehead atoms. The first-order valence-corrected chi connectivity index (χ1v) is 11.5. The van der Waals surface area contributed by atoms with Crippen LogP contribution < -0.4 is 20.1 Å². The number of nitrogens with zero attached hydrogens (tertiary/aromatic N) is 2. The smallest absolute Gasteiger partial charge is 0.195 e. The fourth-order valence-corrected chi connectivity index (χ4v) is 3.69. The first-order chi connectivity index (χ1) is 15.8. The maximum absolute atomic E-state index is 5.83. The van der Waals surface area contributed by atoms with E-state index in [1.54, 1.807) is 13.4 Å². The molecule has 8 nitrogen and oxygen atoms in total.